The number of hydrogen-bond donors (Lipinski definition) is 0. The van der Waals surface area contributed by atoms with Crippen LogP contribution >= 0.6 is 0 Å². The van der Waals surface area contributed by atoms with Gasteiger partial charge in [0.1, 0.15) is 0 Å². The average Bonchev–Trinajstić information content (AvgIpc) is 3.66. The van der Waals surface area contributed by atoms with Gasteiger partial charge in [-0.25, -0.2) is 0 Å². The quantitative estimate of drug-likeness (QED) is 0.149. The van der Waals surface area contributed by atoms with E-state index in [9.17, 15) is 0 Å². The Morgan fingerprint density at radius 3 is 1.24 bits per heavy atom. The van der Waals surface area contributed by atoms with Gasteiger partial charge in [0.15, 0.2) is 0 Å². The molecular formula is C48H61SiZr. The molecule has 2 aliphatic rings. The molecule has 0 bridgehead atoms. The van der Waals surface area contributed by atoms with E-state index in [1.807, 2.05) is 0 Å². The van der Waals surface area contributed by atoms with Gasteiger partial charge in [-0.05, 0) is 0 Å². The van der Waals surface area contributed by atoms with Crippen molar-refractivity contribution in [1.29, 1.82) is 0 Å². The molecular weight excluding hydrogens is 696 g/mol. The predicted molar refractivity (Wildman–Crippen MR) is 220 cm³/mol. The van der Waals surface area contributed by atoms with Gasteiger partial charge < -0.3 is 0 Å². The maximum absolute atomic E-state index is 2.73. The van der Waals surface area contributed by atoms with Gasteiger partial charge in [0.2, 0.25) is 0 Å². The summed E-state index contributed by atoms with van der Waals surface area (Å²) in [4.78, 5) is 0. The van der Waals surface area contributed by atoms with E-state index in [1.165, 1.54) is 57.3 Å². The van der Waals surface area contributed by atoms with E-state index in [-0.39, 0.29) is 10.8 Å². The van der Waals surface area contributed by atoms with Crippen LogP contribution in [0.3, 0.4) is 0 Å². The molecule has 4 atom stereocenters. The summed E-state index contributed by atoms with van der Waals surface area (Å²) < 4.78 is 1.26. The zero-order valence-electron chi connectivity index (χ0n) is 33.0. The fraction of sp³-hybridized carbons (Fsp3) is 0.417. The molecule has 0 spiro atoms. The monoisotopic (exact) mass is 755 g/mol. The molecule has 0 aliphatic heterocycles. The van der Waals surface area contributed by atoms with Crippen LogP contribution in [0.25, 0.3) is 34.4 Å². The molecule has 0 radical (unpaired) electrons. The second kappa shape index (κ2) is 14.5. The number of hydrogen-bond acceptors (Lipinski definition) is 0. The Morgan fingerprint density at radius 2 is 0.900 bits per heavy atom. The maximum atomic E-state index is 2.73. The van der Waals surface area contributed by atoms with Crippen LogP contribution in [0, 0.1) is 11.8 Å². The van der Waals surface area contributed by atoms with Crippen molar-refractivity contribution in [3.8, 4) is 22.3 Å². The van der Waals surface area contributed by atoms with Crippen LogP contribution in [0.5, 0.6) is 0 Å². The molecule has 0 saturated carbocycles. The minimum absolute atomic E-state index is 0.0825. The summed E-state index contributed by atoms with van der Waals surface area (Å²) in [6.45, 7) is 29.5. The van der Waals surface area contributed by atoms with Crippen LogP contribution in [-0.2, 0) is 31.7 Å². The summed E-state index contributed by atoms with van der Waals surface area (Å²) >= 11 is -2.31. The van der Waals surface area contributed by atoms with Crippen molar-refractivity contribution >= 4 is 18.1 Å². The molecule has 2 heteroatoms. The Kier molecular flexibility index (Phi) is 10.8. The fourth-order valence-electron chi connectivity index (χ4n) is 8.97. The molecule has 0 amide bonds. The summed E-state index contributed by atoms with van der Waals surface area (Å²) in [5, 5.41) is 0. The molecule has 0 fully saturated rings. The van der Waals surface area contributed by atoms with Crippen molar-refractivity contribution in [2.75, 3.05) is 0 Å². The van der Waals surface area contributed by atoms with Crippen molar-refractivity contribution in [3.05, 3.63) is 129 Å². The Morgan fingerprint density at radius 1 is 0.540 bits per heavy atom. The average molecular weight is 757 g/mol. The Bertz CT molecular complexity index is 1790. The molecule has 4 unspecified atom stereocenters. The summed E-state index contributed by atoms with van der Waals surface area (Å²) in [7, 11) is 0. The van der Waals surface area contributed by atoms with E-state index in [2.05, 4.69) is 179 Å². The Labute approximate surface area is 313 Å². The van der Waals surface area contributed by atoms with Crippen molar-refractivity contribution in [3.63, 3.8) is 0 Å². The third-order valence-corrected chi connectivity index (χ3v) is 33.5. The number of benzene rings is 4. The van der Waals surface area contributed by atoms with Gasteiger partial charge in [-0.3, -0.25) is 0 Å². The molecule has 261 valence electrons. The molecule has 0 aromatic heterocycles. The first-order valence-corrected chi connectivity index (χ1v) is 29.4. The van der Waals surface area contributed by atoms with E-state index < -0.39 is 26.8 Å². The van der Waals surface area contributed by atoms with Gasteiger partial charge in [0.25, 0.3) is 0 Å². The Hall–Kier alpha value is -2.54. The van der Waals surface area contributed by atoms with Crippen molar-refractivity contribution < 1.29 is 20.9 Å². The minimum atomic E-state index is -2.31. The first-order chi connectivity index (χ1) is 23.7. The fourth-order valence-corrected chi connectivity index (χ4v) is 32.1. The number of fused-ring (bicyclic) bond motifs is 2. The van der Waals surface area contributed by atoms with Crippen molar-refractivity contribution in [2.45, 2.75) is 113 Å². The Balaban J connectivity index is 1.58. The van der Waals surface area contributed by atoms with Gasteiger partial charge >= 0.3 is 316 Å². The van der Waals surface area contributed by atoms with Gasteiger partial charge in [0, 0.05) is 0 Å². The number of allylic oxidation sites excluding steroid dienone is 2. The summed E-state index contributed by atoms with van der Waals surface area (Å²) in [6.07, 6.45) is 7.81. The number of rotatable bonds is 9. The molecule has 0 saturated heterocycles. The molecule has 0 heterocycles. The SMILES string of the molecule is CCC(C)C1=Cc2c(-c3ccccc3C(C)(C)C)cccc2[CH]1[Zr]([CH]1C(C(C)CC)=Cc2c(-c3ccccc3C(C)(C)C)cccc21)[SiH](C)C. The van der Waals surface area contributed by atoms with E-state index in [1.54, 1.807) is 22.3 Å². The third-order valence-electron chi connectivity index (χ3n) is 11.9. The normalized spacial score (nSPS) is 18.4. The van der Waals surface area contributed by atoms with Crippen LogP contribution in [0.2, 0.25) is 13.1 Å². The van der Waals surface area contributed by atoms with Crippen LogP contribution in [-0.4, -0.2) is 5.92 Å². The van der Waals surface area contributed by atoms with Crippen LogP contribution < -0.4 is 0 Å². The van der Waals surface area contributed by atoms with Gasteiger partial charge in [0.05, 0.1) is 0 Å². The molecule has 2 aliphatic carbocycles. The standard InChI is InChI=1S/2C23H27.C2H7Si.Zr/c2*1-6-16(2)18-14-17-10-9-12-19(21(17)15-18)20-11-7-8-13-22(20)23(3,4)5;1-3-2;/h2*7-16H,6H2,1-5H3;3H,1-2H3;. The van der Waals surface area contributed by atoms with E-state index in [0.717, 1.165) is 0 Å². The summed E-state index contributed by atoms with van der Waals surface area (Å²) in [5.41, 5.74) is 18.6. The molecule has 4 aromatic carbocycles. The molecule has 0 nitrogen and oxygen atoms in total. The summed E-state index contributed by atoms with van der Waals surface area (Å²) in [6, 6.07) is 33.1. The molecule has 6 rings (SSSR count). The summed E-state index contributed by atoms with van der Waals surface area (Å²) in [5.74, 6) is 0.143. The molecule has 0 N–H and O–H groups in total. The first kappa shape index (κ1) is 37.2. The molecule has 4 aromatic rings. The van der Waals surface area contributed by atoms with E-state index in [4.69, 9.17) is 0 Å². The molecule has 50 heavy (non-hydrogen) atoms. The third kappa shape index (κ3) is 6.74. The second-order valence-electron chi connectivity index (χ2n) is 17.6. The topological polar surface area (TPSA) is 0 Å². The van der Waals surface area contributed by atoms with Crippen LogP contribution in [0.15, 0.2) is 96.1 Å². The van der Waals surface area contributed by atoms with Crippen molar-refractivity contribution in [1.82, 2.24) is 0 Å². The van der Waals surface area contributed by atoms with Crippen molar-refractivity contribution in [2.24, 2.45) is 11.8 Å². The van der Waals surface area contributed by atoms with Crippen LogP contribution in [0.4, 0.5) is 0 Å². The van der Waals surface area contributed by atoms with Gasteiger partial charge in [-0.2, -0.15) is 0 Å². The van der Waals surface area contributed by atoms with E-state index in [0.29, 0.717) is 19.1 Å². The van der Waals surface area contributed by atoms with Gasteiger partial charge in [-0.1, -0.05) is 0 Å². The second-order valence-corrected chi connectivity index (χ2v) is 37.7. The predicted octanol–water partition coefficient (Wildman–Crippen LogP) is 13.9. The van der Waals surface area contributed by atoms with E-state index >= 15 is 0 Å². The first-order valence-electron chi connectivity index (χ1n) is 19.4. The van der Waals surface area contributed by atoms with Crippen LogP contribution in [0.1, 0.15) is 123 Å². The van der Waals surface area contributed by atoms with Gasteiger partial charge in [-0.15, -0.1) is 0 Å². The zero-order chi connectivity index (χ0) is 36.1. The zero-order valence-corrected chi connectivity index (χ0v) is 36.7.